The van der Waals surface area contributed by atoms with Crippen LogP contribution in [0.2, 0.25) is 5.02 Å². The number of nitrogens with one attached hydrogen (secondary N) is 1. The standard InChI is InChI=1S/C17H17ClN2O4/c1-3-24-15-7-4-11(8-16(15)23-2)10-19-20-14-9-12(17(21)22)5-6-13(14)18/h4-10,20H,3H2,1-2H3,(H,21,22)/p-1/b19-10-. The first-order valence-corrected chi connectivity index (χ1v) is 7.53. The first-order chi connectivity index (χ1) is 11.5. The lowest BCUT2D eigenvalue weighted by molar-refractivity contribution is -0.255. The van der Waals surface area contributed by atoms with Crippen molar-refractivity contribution in [1.29, 1.82) is 0 Å². The molecule has 6 nitrogen and oxygen atoms in total. The van der Waals surface area contributed by atoms with Gasteiger partial charge in [0.15, 0.2) is 11.5 Å². The van der Waals surface area contributed by atoms with E-state index in [2.05, 4.69) is 10.5 Å². The number of carboxylic acids is 1. The van der Waals surface area contributed by atoms with Crippen LogP contribution in [0.1, 0.15) is 22.8 Å². The Hall–Kier alpha value is -2.73. The summed E-state index contributed by atoms with van der Waals surface area (Å²) >= 11 is 6.00. The number of hydrazone groups is 1. The van der Waals surface area contributed by atoms with Gasteiger partial charge in [0, 0.05) is 0 Å². The van der Waals surface area contributed by atoms with E-state index in [0.29, 0.717) is 28.8 Å². The number of carbonyl (C=O) groups excluding carboxylic acids is 1. The molecular formula is C17H16ClN2O4-. The number of nitrogens with zero attached hydrogens (tertiary/aromatic N) is 1. The van der Waals surface area contributed by atoms with Crippen LogP contribution in [-0.2, 0) is 0 Å². The molecule has 1 N–H and O–H groups in total. The minimum Gasteiger partial charge on any atom is -0.545 e. The summed E-state index contributed by atoms with van der Waals surface area (Å²) in [6, 6.07) is 9.56. The molecule has 0 bridgehead atoms. The lowest BCUT2D eigenvalue weighted by Crippen LogP contribution is -2.22. The van der Waals surface area contributed by atoms with Crippen molar-refractivity contribution < 1.29 is 19.4 Å². The number of halogens is 1. The average Bonchev–Trinajstić information content (AvgIpc) is 2.57. The molecule has 0 aromatic heterocycles. The SMILES string of the molecule is CCOc1ccc(/C=N\Nc2cc(C(=O)[O-])ccc2Cl)cc1OC. The van der Waals surface area contributed by atoms with Crippen LogP contribution >= 0.6 is 11.6 Å². The Balaban J connectivity index is 2.14. The van der Waals surface area contributed by atoms with Crippen LogP contribution in [0.4, 0.5) is 5.69 Å². The van der Waals surface area contributed by atoms with Crippen LogP contribution in [0.5, 0.6) is 11.5 Å². The van der Waals surface area contributed by atoms with E-state index in [1.54, 1.807) is 25.5 Å². The van der Waals surface area contributed by atoms with Gasteiger partial charge in [0.1, 0.15) is 0 Å². The van der Waals surface area contributed by atoms with Gasteiger partial charge in [-0.25, -0.2) is 0 Å². The summed E-state index contributed by atoms with van der Waals surface area (Å²) in [7, 11) is 1.56. The fourth-order valence-electron chi connectivity index (χ4n) is 1.95. The zero-order valence-electron chi connectivity index (χ0n) is 13.2. The molecule has 2 aromatic carbocycles. The number of anilines is 1. The highest BCUT2D eigenvalue weighted by molar-refractivity contribution is 6.33. The van der Waals surface area contributed by atoms with E-state index in [-0.39, 0.29) is 5.56 Å². The van der Waals surface area contributed by atoms with Crippen molar-refractivity contribution in [2.24, 2.45) is 5.10 Å². The third-order valence-electron chi connectivity index (χ3n) is 3.09. The Labute approximate surface area is 144 Å². The van der Waals surface area contributed by atoms with E-state index < -0.39 is 5.97 Å². The van der Waals surface area contributed by atoms with E-state index in [1.165, 1.54) is 18.2 Å². The second-order valence-corrected chi connectivity index (χ2v) is 5.10. The highest BCUT2D eigenvalue weighted by Gasteiger charge is 2.05. The maximum atomic E-state index is 10.9. The fourth-order valence-corrected chi connectivity index (χ4v) is 2.11. The van der Waals surface area contributed by atoms with Crippen LogP contribution < -0.4 is 20.0 Å². The second-order valence-electron chi connectivity index (χ2n) is 4.70. The smallest absolute Gasteiger partial charge is 0.161 e. The molecule has 0 atom stereocenters. The van der Waals surface area contributed by atoms with E-state index in [0.717, 1.165) is 5.56 Å². The molecule has 0 spiro atoms. The first kappa shape index (κ1) is 17.6. The Bertz CT molecular complexity index is 762. The van der Waals surface area contributed by atoms with E-state index in [4.69, 9.17) is 21.1 Å². The maximum Gasteiger partial charge on any atom is 0.161 e. The highest BCUT2D eigenvalue weighted by atomic mass is 35.5. The molecule has 2 aromatic rings. The Morgan fingerprint density at radius 3 is 2.75 bits per heavy atom. The normalized spacial score (nSPS) is 10.6. The summed E-state index contributed by atoms with van der Waals surface area (Å²) in [4.78, 5) is 10.9. The molecule has 0 radical (unpaired) electrons. The van der Waals surface area contributed by atoms with Crippen LogP contribution in [0.25, 0.3) is 0 Å². The number of aromatic carboxylic acids is 1. The third-order valence-corrected chi connectivity index (χ3v) is 3.42. The minimum atomic E-state index is -1.28. The summed E-state index contributed by atoms with van der Waals surface area (Å²) < 4.78 is 10.7. The monoisotopic (exact) mass is 347 g/mol. The van der Waals surface area contributed by atoms with Gasteiger partial charge in [-0.2, -0.15) is 5.10 Å². The van der Waals surface area contributed by atoms with Crippen LogP contribution in [0, 0.1) is 0 Å². The third kappa shape index (κ3) is 4.39. The van der Waals surface area contributed by atoms with E-state index in [1.807, 2.05) is 13.0 Å². The van der Waals surface area contributed by atoms with Gasteiger partial charge < -0.3 is 19.4 Å². The molecule has 0 fully saturated rings. The zero-order chi connectivity index (χ0) is 17.5. The number of carbonyl (C=O) groups is 1. The average molecular weight is 348 g/mol. The number of carboxylic acid groups (broad SMARTS) is 1. The molecule has 24 heavy (non-hydrogen) atoms. The quantitative estimate of drug-likeness (QED) is 0.614. The van der Waals surface area contributed by atoms with Gasteiger partial charge in [0.25, 0.3) is 0 Å². The topological polar surface area (TPSA) is 83.0 Å². The number of rotatable bonds is 7. The van der Waals surface area contributed by atoms with Gasteiger partial charge in [-0.15, -0.1) is 0 Å². The molecule has 0 saturated carbocycles. The summed E-state index contributed by atoms with van der Waals surface area (Å²) in [6.45, 7) is 2.43. The molecule has 0 aliphatic heterocycles. The van der Waals surface area contributed by atoms with Gasteiger partial charge in [-0.3, -0.25) is 5.43 Å². The summed E-state index contributed by atoms with van der Waals surface area (Å²) in [5.74, 6) is -0.0393. The molecule has 0 amide bonds. The van der Waals surface area contributed by atoms with Crippen molar-refractivity contribution in [2.75, 3.05) is 19.1 Å². The number of methoxy groups -OCH3 is 1. The largest absolute Gasteiger partial charge is 0.545 e. The molecule has 0 aliphatic carbocycles. The van der Waals surface area contributed by atoms with Crippen molar-refractivity contribution in [3.8, 4) is 11.5 Å². The van der Waals surface area contributed by atoms with Crippen LogP contribution in [-0.4, -0.2) is 25.9 Å². The summed E-state index contributed by atoms with van der Waals surface area (Å²) in [6.07, 6.45) is 1.56. The predicted molar refractivity (Wildman–Crippen MR) is 91.2 cm³/mol. The number of benzene rings is 2. The molecule has 7 heteroatoms. The van der Waals surface area contributed by atoms with E-state index >= 15 is 0 Å². The Kier molecular flexibility index (Phi) is 6.03. The number of ether oxygens (including phenoxy) is 2. The number of hydrogen-bond donors (Lipinski definition) is 1. The predicted octanol–water partition coefficient (Wildman–Crippen LogP) is 2.56. The molecule has 0 saturated heterocycles. The Morgan fingerprint density at radius 1 is 1.29 bits per heavy atom. The van der Waals surface area contributed by atoms with Crippen molar-refractivity contribution in [1.82, 2.24) is 0 Å². The Morgan fingerprint density at radius 2 is 2.08 bits per heavy atom. The van der Waals surface area contributed by atoms with Crippen LogP contribution in [0.3, 0.4) is 0 Å². The van der Waals surface area contributed by atoms with Gasteiger partial charge in [-0.1, -0.05) is 17.7 Å². The van der Waals surface area contributed by atoms with Gasteiger partial charge in [0.2, 0.25) is 0 Å². The molecule has 2 rings (SSSR count). The maximum absolute atomic E-state index is 10.9. The molecule has 0 unspecified atom stereocenters. The lowest BCUT2D eigenvalue weighted by Gasteiger charge is -2.09. The molecule has 126 valence electrons. The first-order valence-electron chi connectivity index (χ1n) is 7.16. The van der Waals surface area contributed by atoms with Gasteiger partial charge in [-0.05, 0) is 48.4 Å². The van der Waals surface area contributed by atoms with Crippen LogP contribution in [0.15, 0.2) is 41.5 Å². The summed E-state index contributed by atoms with van der Waals surface area (Å²) in [5.41, 5.74) is 3.86. The van der Waals surface area contributed by atoms with Crippen molar-refractivity contribution in [2.45, 2.75) is 6.92 Å². The molecule has 0 aliphatic rings. The fraction of sp³-hybridized carbons (Fsp3) is 0.176. The van der Waals surface area contributed by atoms with Gasteiger partial charge >= 0.3 is 0 Å². The molecule has 0 heterocycles. The van der Waals surface area contributed by atoms with E-state index in [9.17, 15) is 9.90 Å². The second kappa shape index (κ2) is 8.21. The molecular weight excluding hydrogens is 332 g/mol. The van der Waals surface area contributed by atoms with Crippen molar-refractivity contribution in [3.05, 3.63) is 52.5 Å². The summed E-state index contributed by atoms with van der Waals surface area (Å²) in [5, 5.41) is 15.3. The lowest BCUT2D eigenvalue weighted by atomic mass is 10.2. The number of hydrogen-bond acceptors (Lipinski definition) is 6. The zero-order valence-corrected chi connectivity index (χ0v) is 14.0. The highest BCUT2D eigenvalue weighted by Crippen LogP contribution is 2.27. The van der Waals surface area contributed by atoms with Gasteiger partial charge in [0.05, 0.1) is 36.6 Å². The van der Waals surface area contributed by atoms with Crippen molar-refractivity contribution >= 4 is 29.5 Å². The van der Waals surface area contributed by atoms with Crippen molar-refractivity contribution in [3.63, 3.8) is 0 Å². The minimum absolute atomic E-state index is 0.0137.